The van der Waals surface area contributed by atoms with Crippen LogP contribution in [0.3, 0.4) is 0 Å². The van der Waals surface area contributed by atoms with Crippen LogP contribution in [0.2, 0.25) is 0 Å². The molecule has 0 amide bonds. The van der Waals surface area contributed by atoms with Gasteiger partial charge in [-0.1, -0.05) is 19.8 Å². The van der Waals surface area contributed by atoms with Gasteiger partial charge < -0.3 is 5.11 Å². The lowest BCUT2D eigenvalue weighted by Crippen LogP contribution is -2.64. The fourth-order valence-electron chi connectivity index (χ4n) is 5.97. The summed E-state index contributed by atoms with van der Waals surface area (Å²) < 4.78 is 0. The second-order valence-electron chi connectivity index (χ2n) is 7.23. The molecule has 4 rings (SSSR count). The third-order valence-electron chi connectivity index (χ3n) is 6.69. The lowest BCUT2D eigenvalue weighted by molar-refractivity contribution is -0.157. The quantitative estimate of drug-likeness (QED) is 0.696. The molecule has 4 aliphatic rings. The molecule has 2 saturated heterocycles. The third-order valence-corrected chi connectivity index (χ3v) is 6.69. The summed E-state index contributed by atoms with van der Waals surface area (Å²) in [6.07, 6.45) is 8.14. The van der Waals surface area contributed by atoms with Gasteiger partial charge in [0.2, 0.25) is 0 Å². The number of rotatable bonds is 0. The van der Waals surface area contributed by atoms with Crippen LogP contribution in [0.25, 0.3) is 0 Å². The van der Waals surface area contributed by atoms with E-state index < -0.39 is 0 Å². The molecule has 6 atom stereocenters. The van der Waals surface area contributed by atoms with Crippen LogP contribution in [0, 0.1) is 23.2 Å². The molecule has 17 heavy (non-hydrogen) atoms. The molecule has 0 aromatic carbocycles. The molecule has 4 fully saturated rings. The average Bonchev–Trinajstić information content (AvgIpc) is 2.67. The number of hydrogen-bond acceptors (Lipinski definition) is 2. The summed E-state index contributed by atoms with van der Waals surface area (Å²) in [5, 5.41) is 10.7. The molecule has 0 aromatic rings. The van der Waals surface area contributed by atoms with Gasteiger partial charge in [0.1, 0.15) is 0 Å². The Morgan fingerprint density at radius 1 is 1.12 bits per heavy atom. The maximum atomic E-state index is 10.7. The van der Waals surface area contributed by atoms with E-state index in [2.05, 4.69) is 11.8 Å². The Morgan fingerprint density at radius 3 is 2.88 bits per heavy atom. The molecular weight excluding hydrogens is 210 g/mol. The summed E-state index contributed by atoms with van der Waals surface area (Å²) in [6.45, 7) is 4.66. The molecule has 2 nitrogen and oxygen atoms in total. The zero-order chi connectivity index (χ0) is 11.6. The summed E-state index contributed by atoms with van der Waals surface area (Å²) in [5.41, 5.74) is 0.333. The fourth-order valence-corrected chi connectivity index (χ4v) is 5.97. The summed E-state index contributed by atoms with van der Waals surface area (Å²) in [4.78, 5) is 2.65. The number of aliphatic hydroxyl groups is 1. The molecule has 2 bridgehead atoms. The highest BCUT2D eigenvalue weighted by Gasteiger charge is 2.61. The van der Waals surface area contributed by atoms with E-state index in [4.69, 9.17) is 0 Å². The molecule has 2 heterocycles. The Balaban J connectivity index is 1.76. The summed E-state index contributed by atoms with van der Waals surface area (Å²) in [5.74, 6) is 2.63. The molecular formula is C15H25NO. The van der Waals surface area contributed by atoms with Gasteiger partial charge in [0, 0.05) is 24.5 Å². The van der Waals surface area contributed by atoms with E-state index in [0.717, 1.165) is 30.3 Å². The van der Waals surface area contributed by atoms with Gasteiger partial charge in [-0.15, -0.1) is 0 Å². The van der Waals surface area contributed by atoms with Gasteiger partial charge in [-0.2, -0.15) is 0 Å². The Kier molecular flexibility index (Phi) is 2.21. The first-order chi connectivity index (χ1) is 8.22. The minimum atomic E-state index is -0.0321. The number of piperidine rings is 1. The van der Waals surface area contributed by atoms with Crippen LogP contribution in [0.15, 0.2) is 0 Å². The van der Waals surface area contributed by atoms with Gasteiger partial charge in [0.15, 0.2) is 0 Å². The number of nitrogens with zero attached hydrogens (tertiary/aromatic N) is 1. The molecule has 2 aliphatic carbocycles. The normalized spacial score (nSPS) is 57.9. The van der Waals surface area contributed by atoms with E-state index in [1.165, 1.54) is 45.1 Å². The summed E-state index contributed by atoms with van der Waals surface area (Å²) >= 11 is 0. The molecule has 0 aromatic heterocycles. The van der Waals surface area contributed by atoms with Gasteiger partial charge in [-0.05, 0) is 43.4 Å². The van der Waals surface area contributed by atoms with Gasteiger partial charge >= 0.3 is 0 Å². The second-order valence-corrected chi connectivity index (χ2v) is 7.23. The van der Waals surface area contributed by atoms with Gasteiger partial charge in [-0.25, -0.2) is 0 Å². The predicted octanol–water partition coefficient (Wildman–Crippen LogP) is 2.27. The number of hydrogen-bond donors (Lipinski definition) is 1. The lowest BCUT2D eigenvalue weighted by atomic mass is 9.51. The first-order valence-corrected chi connectivity index (χ1v) is 7.64. The molecule has 1 N–H and O–H groups in total. The van der Waals surface area contributed by atoms with Crippen LogP contribution in [0.5, 0.6) is 0 Å². The number of aliphatic hydroxyl groups excluding tert-OH is 1. The monoisotopic (exact) mass is 235 g/mol. The molecule has 2 heteroatoms. The van der Waals surface area contributed by atoms with Gasteiger partial charge in [0.05, 0.1) is 6.10 Å². The topological polar surface area (TPSA) is 23.5 Å². The lowest BCUT2D eigenvalue weighted by Gasteiger charge is -2.60. The first-order valence-electron chi connectivity index (χ1n) is 7.64. The minimum Gasteiger partial charge on any atom is -0.391 e. The van der Waals surface area contributed by atoms with Crippen molar-refractivity contribution in [1.29, 1.82) is 0 Å². The van der Waals surface area contributed by atoms with E-state index in [1.807, 2.05) is 0 Å². The summed E-state index contributed by atoms with van der Waals surface area (Å²) in [7, 11) is 0. The largest absolute Gasteiger partial charge is 0.391 e. The zero-order valence-corrected chi connectivity index (χ0v) is 10.9. The minimum absolute atomic E-state index is 0.0321. The molecule has 96 valence electrons. The standard InChI is InChI=1S/C15H25NO/c1-10-8-16-9-13(17)15-6-3-2-4-12(15)14(16)11(10)5-7-15/h10-14,17H,2-9H2,1H3/t10-,11?,12?,13+,14?,15?/m1/s1. The van der Waals surface area contributed by atoms with E-state index in [1.54, 1.807) is 0 Å². The molecule has 4 unspecified atom stereocenters. The highest BCUT2D eigenvalue weighted by Crippen LogP contribution is 2.60. The predicted molar refractivity (Wildman–Crippen MR) is 67.6 cm³/mol. The van der Waals surface area contributed by atoms with Crippen LogP contribution in [0.1, 0.15) is 45.4 Å². The zero-order valence-electron chi connectivity index (χ0n) is 10.9. The van der Waals surface area contributed by atoms with E-state index in [0.29, 0.717) is 5.41 Å². The van der Waals surface area contributed by atoms with Crippen LogP contribution >= 0.6 is 0 Å². The van der Waals surface area contributed by atoms with Crippen molar-refractivity contribution in [1.82, 2.24) is 4.90 Å². The van der Waals surface area contributed by atoms with Crippen molar-refractivity contribution in [3.8, 4) is 0 Å². The molecule has 0 radical (unpaired) electrons. The highest BCUT2D eigenvalue weighted by molar-refractivity contribution is 5.13. The van der Waals surface area contributed by atoms with Crippen LogP contribution in [-0.4, -0.2) is 35.2 Å². The van der Waals surface area contributed by atoms with E-state index in [9.17, 15) is 5.11 Å². The van der Waals surface area contributed by atoms with Crippen molar-refractivity contribution in [2.45, 2.75) is 57.6 Å². The molecule has 2 saturated carbocycles. The maximum absolute atomic E-state index is 10.7. The van der Waals surface area contributed by atoms with Crippen molar-refractivity contribution in [3.63, 3.8) is 0 Å². The van der Waals surface area contributed by atoms with Crippen molar-refractivity contribution >= 4 is 0 Å². The Labute approximate surface area is 104 Å². The van der Waals surface area contributed by atoms with E-state index >= 15 is 0 Å². The molecule has 2 aliphatic heterocycles. The van der Waals surface area contributed by atoms with Crippen molar-refractivity contribution < 1.29 is 5.11 Å². The fraction of sp³-hybridized carbons (Fsp3) is 1.00. The van der Waals surface area contributed by atoms with Crippen LogP contribution in [0.4, 0.5) is 0 Å². The van der Waals surface area contributed by atoms with Crippen molar-refractivity contribution in [2.75, 3.05) is 13.1 Å². The third kappa shape index (κ3) is 1.24. The van der Waals surface area contributed by atoms with Gasteiger partial charge in [-0.3, -0.25) is 4.90 Å². The molecule has 0 spiro atoms. The van der Waals surface area contributed by atoms with Crippen molar-refractivity contribution in [2.24, 2.45) is 23.2 Å². The Hall–Kier alpha value is -0.0800. The maximum Gasteiger partial charge on any atom is 0.0726 e. The summed E-state index contributed by atoms with van der Waals surface area (Å²) in [6, 6.07) is 0.836. The van der Waals surface area contributed by atoms with Crippen LogP contribution < -0.4 is 0 Å². The van der Waals surface area contributed by atoms with Gasteiger partial charge in [0.25, 0.3) is 0 Å². The highest BCUT2D eigenvalue weighted by atomic mass is 16.3. The average molecular weight is 235 g/mol. The van der Waals surface area contributed by atoms with E-state index in [-0.39, 0.29) is 6.10 Å². The SMILES string of the molecule is C[C@@H]1CN2C[C@H](O)C34CCCCC3C2C1CC4. The first kappa shape index (κ1) is 10.8. The Morgan fingerprint density at radius 2 is 2.00 bits per heavy atom. The second kappa shape index (κ2) is 3.48. The van der Waals surface area contributed by atoms with Crippen LogP contribution in [-0.2, 0) is 0 Å². The van der Waals surface area contributed by atoms with Crippen molar-refractivity contribution in [3.05, 3.63) is 0 Å². The smallest absolute Gasteiger partial charge is 0.0726 e. The Bertz CT molecular complexity index is 331.